The molecule has 168 valence electrons. The first kappa shape index (κ1) is 23.1. The van der Waals surface area contributed by atoms with E-state index in [1.54, 1.807) is 31.2 Å². The summed E-state index contributed by atoms with van der Waals surface area (Å²) in [5, 5.41) is 2.79. The van der Waals surface area contributed by atoms with Crippen LogP contribution in [0.25, 0.3) is 0 Å². The molecule has 0 aliphatic carbocycles. The fourth-order valence-corrected chi connectivity index (χ4v) is 4.89. The van der Waals surface area contributed by atoms with E-state index in [1.807, 2.05) is 32.0 Å². The molecule has 1 atom stereocenters. The van der Waals surface area contributed by atoms with Crippen LogP contribution in [0.15, 0.2) is 47.4 Å². The van der Waals surface area contributed by atoms with Gasteiger partial charge in [-0.1, -0.05) is 12.1 Å². The van der Waals surface area contributed by atoms with Crippen LogP contribution in [0.2, 0.25) is 0 Å². The van der Waals surface area contributed by atoms with Gasteiger partial charge in [-0.05, 0) is 75.1 Å². The zero-order valence-corrected chi connectivity index (χ0v) is 19.1. The van der Waals surface area contributed by atoms with Crippen molar-refractivity contribution < 1.29 is 22.7 Å². The van der Waals surface area contributed by atoms with E-state index in [-0.39, 0.29) is 17.4 Å². The number of nitrogens with one attached hydrogen (secondary N) is 1. The molecular weight excluding hydrogens is 416 g/mol. The molecule has 1 heterocycles. The van der Waals surface area contributed by atoms with Crippen molar-refractivity contribution >= 4 is 15.9 Å². The minimum atomic E-state index is -3.43. The largest absolute Gasteiger partial charge is 0.492 e. The third-order valence-electron chi connectivity index (χ3n) is 5.42. The van der Waals surface area contributed by atoms with E-state index < -0.39 is 16.1 Å². The summed E-state index contributed by atoms with van der Waals surface area (Å²) >= 11 is 0. The monoisotopic (exact) mass is 446 g/mol. The zero-order valence-electron chi connectivity index (χ0n) is 18.3. The first-order valence-corrected chi connectivity index (χ1v) is 12.0. The molecule has 0 radical (unpaired) electrons. The van der Waals surface area contributed by atoms with Crippen LogP contribution in [0, 0.1) is 13.8 Å². The molecule has 3 rings (SSSR count). The maximum atomic E-state index is 12.5. The Bertz CT molecular complexity index is 999. The van der Waals surface area contributed by atoms with Gasteiger partial charge in [0.2, 0.25) is 10.0 Å². The van der Waals surface area contributed by atoms with Gasteiger partial charge in [-0.3, -0.25) is 4.79 Å². The molecule has 1 aliphatic heterocycles. The highest BCUT2D eigenvalue weighted by molar-refractivity contribution is 7.89. The quantitative estimate of drug-likeness (QED) is 0.599. The second kappa shape index (κ2) is 10.2. The minimum Gasteiger partial charge on any atom is -0.492 e. The number of benzene rings is 2. The Morgan fingerprint density at radius 3 is 2.45 bits per heavy atom. The smallest absolute Gasteiger partial charge is 0.260 e. The second-order valence-corrected chi connectivity index (χ2v) is 9.62. The van der Waals surface area contributed by atoms with Crippen molar-refractivity contribution in [1.82, 2.24) is 9.62 Å². The number of ether oxygens (including phenoxy) is 2. The molecule has 0 saturated carbocycles. The van der Waals surface area contributed by atoms with Gasteiger partial charge in [0.25, 0.3) is 5.91 Å². The highest BCUT2D eigenvalue weighted by Gasteiger charge is 2.26. The SMILES string of the molecule is Cc1cccc(O[C@H](C)C(=O)NCCOc2ccc(S(=O)(=O)N3CCCC3)cc2)c1C. The highest BCUT2D eigenvalue weighted by atomic mass is 32.2. The van der Waals surface area contributed by atoms with Crippen LogP contribution in [0.4, 0.5) is 0 Å². The van der Waals surface area contributed by atoms with E-state index in [0.29, 0.717) is 31.1 Å². The summed E-state index contributed by atoms with van der Waals surface area (Å²) in [4.78, 5) is 12.5. The Labute approximate surface area is 184 Å². The van der Waals surface area contributed by atoms with E-state index in [2.05, 4.69) is 5.32 Å². The molecule has 1 amide bonds. The molecule has 2 aromatic rings. The number of rotatable bonds is 9. The Hall–Kier alpha value is -2.58. The lowest BCUT2D eigenvalue weighted by molar-refractivity contribution is -0.127. The average molecular weight is 447 g/mol. The Morgan fingerprint density at radius 1 is 1.10 bits per heavy atom. The van der Waals surface area contributed by atoms with Gasteiger partial charge in [0.1, 0.15) is 18.1 Å². The first-order chi connectivity index (χ1) is 14.8. The molecule has 1 aliphatic rings. The predicted molar refractivity (Wildman–Crippen MR) is 119 cm³/mol. The molecule has 0 aromatic heterocycles. The lowest BCUT2D eigenvalue weighted by Crippen LogP contribution is -2.38. The summed E-state index contributed by atoms with van der Waals surface area (Å²) < 4.78 is 38.0. The van der Waals surface area contributed by atoms with Crippen LogP contribution in [0.1, 0.15) is 30.9 Å². The van der Waals surface area contributed by atoms with E-state index in [0.717, 1.165) is 24.0 Å². The molecule has 2 aromatic carbocycles. The van der Waals surface area contributed by atoms with Crippen LogP contribution in [0.3, 0.4) is 0 Å². The summed E-state index contributed by atoms with van der Waals surface area (Å²) in [7, 11) is -3.43. The number of sulfonamides is 1. The molecule has 0 bridgehead atoms. The summed E-state index contributed by atoms with van der Waals surface area (Å²) in [6, 6.07) is 12.1. The van der Waals surface area contributed by atoms with E-state index in [1.165, 1.54) is 4.31 Å². The number of carbonyl (C=O) groups excluding carboxylic acids is 1. The Balaban J connectivity index is 1.44. The molecular formula is C23H30N2O5S. The van der Waals surface area contributed by atoms with Crippen LogP contribution < -0.4 is 14.8 Å². The molecule has 8 heteroatoms. The van der Waals surface area contributed by atoms with Crippen molar-refractivity contribution in [3.05, 3.63) is 53.6 Å². The fraction of sp³-hybridized carbons (Fsp3) is 0.435. The predicted octanol–water partition coefficient (Wildman–Crippen LogP) is 3.05. The Morgan fingerprint density at radius 2 is 1.77 bits per heavy atom. The number of aryl methyl sites for hydroxylation is 1. The van der Waals surface area contributed by atoms with Crippen molar-refractivity contribution in [1.29, 1.82) is 0 Å². The summed E-state index contributed by atoms with van der Waals surface area (Å²) in [5.41, 5.74) is 2.12. The number of hydrogen-bond donors (Lipinski definition) is 1. The summed E-state index contributed by atoms with van der Waals surface area (Å²) in [6.45, 7) is 7.39. The number of hydrogen-bond acceptors (Lipinski definition) is 5. The van der Waals surface area contributed by atoms with Gasteiger partial charge in [-0.2, -0.15) is 4.31 Å². The Kier molecular flexibility index (Phi) is 7.56. The van der Waals surface area contributed by atoms with Crippen molar-refractivity contribution in [2.45, 2.75) is 44.6 Å². The lowest BCUT2D eigenvalue weighted by Gasteiger charge is -2.17. The normalized spacial score (nSPS) is 15.5. The lowest BCUT2D eigenvalue weighted by atomic mass is 10.1. The van der Waals surface area contributed by atoms with E-state index in [9.17, 15) is 13.2 Å². The molecule has 1 fully saturated rings. The van der Waals surface area contributed by atoms with Gasteiger partial charge in [0, 0.05) is 13.1 Å². The van der Waals surface area contributed by atoms with Crippen molar-refractivity contribution in [3.8, 4) is 11.5 Å². The summed E-state index contributed by atoms with van der Waals surface area (Å²) in [5.74, 6) is 1.02. The average Bonchev–Trinajstić information content (AvgIpc) is 3.30. The van der Waals surface area contributed by atoms with Gasteiger partial charge in [-0.15, -0.1) is 0 Å². The van der Waals surface area contributed by atoms with Crippen LogP contribution in [-0.4, -0.2) is 51.0 Å². The summed E-state index contributed by atoms with van der Waals surface area (Å²) in [6.07, 6.45) is 1.18. The third kappa shape index (κ3) is 5.77. The molecule has 0 spiro atoms. The van der Waals surface area contributed by atoms with Crippen molar-refractivity contribution in [2.24, 2.45) is 0 Å². The highest BCUT2D eigenvalue weighted by Crippen LogP contribution is 2.23. The number of amides is 1. The van der Waals surface area contributed by atoms with Gasteiger partial charge in [0.05, 0.1) is 11.4 Å². The second-order valence-electron chi connectivity index (χ2n) is 7.68. The number of nitrogens with zero attached hydrogens (tertiary/aromatic N) is 1. The van der Waals surface area contributed by atoms with Gasteiger partial charge >= 0.3 is 0 Å². The van der Waals surface area contributed by atoms with Crippen molar-refractivity contribution in [3.63, 3.8) is 0 Å². The molecule has 7 nitrogen and oxygen atoms in total. The molecule has 1 saturated heterocycles. The first-order valence-electron chi connectivity index (χ1n) is 10.5. The fourth-order valence-electron chi connectivity index (χ4n) is 3.37. The van der Waals surface area contributed by atoms with E-state index >= 15 is 0 Å². The number of carbonyl (C=O) groups is 1. The van der Waals surface area contributed by atoms with Crippen molar-refractivity contribution in [2.75, 3.05) is 26.2 Å². The van der Waals surface area contributed by atoms with Gasteiger partial charge < -0.3 is 14.8 Å². The molecule has 0 unspecified atom stereocenters. The maximum absolute atomic E-state index is 12.5. The maximum Gasteiger partial charge on any atom is 0.260 e. The van der Waals surface area contributed by atoms with E-state index in [4.69, 9.17) is 9.47 Å². The van der Waals surface area contributed by atoms with Crippen LogP contribution in [0.5, 0.6) is 11.5 Å². The minimum absolute atomic E-state index is 0.225. The topological polar surface area (TPSA) is 84.9 Å². The van der Waals surface area contributed by atoms with Gasteiger partial charge in [0.15, 0.2) is 6.10 Å². The molecule has 31 heavy (non-hydrogen) atoms. The van der Waals surface area contributed by atoms with Crippen LogP contribution >= 0.6 is 0 Å². The third-order valence-corrected chi connectivity index (χ3v) is 7.34. The van der Waals surface area contributed by atoms with Crippen LogP contribution in [-0.2, 0) is 14.8 Å². The molecule has 1 N–H and O–H groups in total. The zero-order chi connectivity index (χ0) is 22.4. The van der Waals surface area contributed by atoms with Gasteiger partial charge in [-0.25, -0.2) is 8.42 Å². The standard InChI is InChI=1S/C23H30N2O5S/c1-17-7-6-8-22(18(17)2)30-19(3)23(26)24-13-16-29-20-9-11-21(12-10-20)31(27,28)25-14-4-5-15-25/h6-12,19H,4-5,13-16H2,1-3H3,(H,24,26)/t19-/m1/s1.